The molecule has 3 heterocycles. The van der Waals surface area contributed by atoms with E-state index in [0.717, 1.165) is 42.7 Å². The summed E-state index contributed by atoms with van der Waals surface area (Å²) < 4.78 is 5.17. The van der Waals surface area contributed by atoms with Gasteiger partial charge in [-0.1, -0.05) is 6.92 Å². The lowest BCUT2D eigenvalue weighted by Gasteiger charge is -2.29. The third kappa shape index (κ3) is 5.07. The van der Waals surface area contributed by atoms with Crippen LogP contribution in [0.2, 0.25) is 0 Å². The van der Waals surface area contributed by atoms with Crippen LogP contribution in [0.5, 0.6) is 5.75 Å². The highest BCUT2D eigenvalue weighted by atomic mass is 32.1. The molecule has 1 atom stereocenters. The van der Waals surface area contributed by atoms with Gasteiger partial charge in [0.2, 0.25) is 11.8 Å². The number of rotatable bonds is 6. The Bertz CT molecular complexity index is 935. The number of hydrogen-bond acceptors (Lipinski definition) is 6. The number of nitrogens with one attached hydrogen (secondary N) is 1. The fourth-order valence-corrected chi connectivity index (χ4v) is 5.16. The molecule has 1 unspecified atom stereocenters. The number of aryl methyl sites for hydroxylation is 1. The molecule has 0 radical (unpaired) electrons. The second kappa shape index (κ2) is 9.36. The minimum absolute atomic E-state index is 0.0411. The van der Waals surface area contributed by atoms with Crippen LogP contribution in [0.4, 0.5) is 10.8 Å². The molecular weight excluding hydrogens is 412 g/mol. The number of piperidine rings is 1. The lowest BCUT2D eigenvalue weighted by atomic mass is 9.99. The number of thiazole rings is 1. The maximum atomic E-state index is 12.8. The van der Waals surface area contributed by atoms with E-state index in [1.165, 1.54) is 17.7 Å². The predicted octanol–water partition coefficient (Wildman–Crippen LogP) is 3.68. The van der Waals surface area contributed by atoms with E-state index in [1.807, 2.05) is 31.2 Å². The van der Waals surface area contributed by atoms with E-state index in [9.17, 15) is 9.59 Å². The summed E-state index contributed by atoms with van der Waals surface area (Å²) in [5, 5.41) is 3.57. The fourth-order valence-electron chi connectivity index (χ4n) is 4.15. The summed E-state index contributed by atoms with van der Waals surface area (Å²) in [7, 11) is 1.61. The molecule has 0 bridgehead atoms. The third-order valence-electron chi connectivity index (χ3n) is 6.25. The molecule has 1 N–H and O–H groups in total. The SMILES string of the molecule is COc1ccc(N2CC(C(=O)Nc3nc(C)c(CN4CCC(C)CC4)s3)CC2=O)cc1. The maximum Gasteiger partial charge on any atom is 0.231 e. The largest absolute Gasteiger partial charge is 0.497 e. The third-order valence-corrected chi connectivity index (χ3v) is 7.30. The predicted molar refractivity (Wildman–Crippen MR) is 123 cm³/mol. The first-order valence-electron chi connectivity index (χ1n) is 10.9. The molecule has 2 aliphatic heterocycles. The van der Waals surface area contributed by atoms with Crippen molar-refractivity contribution in [2.45, 2.75) is 39.7 Å². The zero-order valence-corrected chi connectivity index (χ0v) is 19.2. The Morgan fingerprint density at radius 1 is 1.26 bits per heavy atom. The molecule has 2 aromatic rings. The zero-order chi connectivity index (χ0) is 22.0. The van der Waals surface area contributed by atoms with Crippen LogP contribution in [0.15, 0.2) is 24.3 Å². The first kappa shape index (κ1) is 21.8. The van der Waals surface area contributed by atoms with Gasteiger partial charge in [-0.05, 0) is 63.0 Å². The van der Waals surface area contributed by atoms with Gasteiger partial charge < -0.3 is 15.0 Å². The number of carbonyl (C=O) groups excluding carboxylic acids is 2. The van der Waals surface area contributed by atoms with Gasteiger partial charge in [0.1, 0.15) is 5.75 Å². The van der Waals surface area contributed by atoms with Crippen molar-refractivity contribution in [3.63, 3.8) is 0 Å². The van der Waals surface area contributed by atoms with Gasteiger partial charge in [0.05, 0.1) is 18.7 Å². The van der Waals surface area contributed by atoms with Crippen molar-refractivity contribution in [2.75, 3.05) is 37.0 Å². The second-order valence-electron chi connectivity index (χ2n) is 8.58. The van der Waals surface area contributed by atoms with Gasteiger partial charge in [-0.25, -0.2) is 4.98 Å². The number of ether oxygens (including phenoxy) is 1. The first-order chi connectivity index (χ1) is 14.9. The molecule has 0 aliphatic carbocycles. The maximum absolute atomic E-state index is 12.8. The molecule has 0 saturated carbocycles. The average Bonchev–Trinajstić information content (AvgIpc) is 3.32. The van der Waals surface area contributed by atoms with Crippen LogP contribution in [-0.4, -0.2) is 48.4 Å². The quantitative estimate of drug-likeness (QED) is 0.739. The van der Waals surface area contributed by atoms with Gasteiger partial charge in [0.15, 0.2) is 5.13 Å². The van der Waals surface area contributed by atoms with Crippen molar-refractivity contribution >= 4 is 34.0 Å². The van der Waals surface area contributed by atoms with E-state index in [4.69, 9.17) is 4.74 Å². The highest BCUT2D eigenvalue weighted by molar-refractivity contribution is 7.15. The van der Waals surface area contributed by atoms with Crippen molar-refractivity contribution < 1.29 is 14.3 Å². The van der Waals surface area contributed by atoms with Gasteiger partial charge in [-0.2, -0.15) is 0 Å². The van der Waals surface area contributed by atoms with E-state index in [1.54, 1.807) is 23.3 Å². The van der Waals surface area contributed by atoms with Crippen LogP contribution in [0.25, 0.3) is 0 Å². The van der Waals surface area contributed by atoms with Gasteiger partial charge in [-0.15, -0.1) is 11.3 Å². The monoisotopic (exact) mass is 442 g/mol. The Morgan fingerprint density at radius 3 is 2.65 bits per heavy atom. The van der Waals surface area contributed by atoms with Crippen molar-refractivity contribution in [1.29, 1.82) is 0 Å². The number of likely N-dealkylation sites (tertiary alicyclic amines) is 1. The van der Waals surface area contributed by atoms with Crippen molar-refractivity contribution in [1.82, 2.24) is 9.88 Å². The Morgan fingerprint density at radius 2 is 1.97 bits per heavy atom. The molecule has 1 aromatic carbocycles. The van der Waals surface area contributed by atoms with Crippen LogP contribution in [0, 0.1) is 18.8 Å². The van der Waals surface area contributed by atoms with Crippen LogP contribution in [-0.2, 0) is 16.1 Å². The highest BCUT2D eigenvalue weighted by Crippen LogP contribution is 2.30. The van der Waals surface area contributed by atoms with E-state index in [0.29, 0.717) is 11.7 Å². The van der Waals surface area contributed by atoms with Gasteiger partial charge in [-0.3, -0.25) is 14.5 Å². The standard InChI is InChI=1S/C23H30N4O3S/c1-15-8-10-26(11-9-15)14-20-16(2)24-23(31-20)25-22(29)17-12-21(28)27(13-17)18-4-6-19(30-3)7-5-18/h4-7,15,17H,8-14H2,1-3H3,(H,24,25,29). The number of hydrogen-bond donors (Lipinski definition) is 1. The van der Waals surface area contributed by atoms with Crippen LogP contribution in [0.1, 0.15) is 36.8 Å². The molecular formula is C23H30N4O3S. The van der Waals surface area contributed by atoms with Crippen molar-refractivity contribution in [2.24, 2.45) is 11.8 Å². The number of benzene rings is 1. The van der Waals surface area contributed by atoms with E-state index >= 15 is 0 Å². The smallest absolute Gasteiger partial charge is 0.231 e. The van der Waals surface area contributed by atoms with Crippen LogP contribution < -0.4 is 15.0 Å². The first-order valence-corrected chi connectivity index (χ1v) is 11.7. The number of amides is 2. The Kier molecular flexibility index (Phi) is 6.57. The summed E-state index contributed by atoms with van der Waals surface area (Å²) in [5.41, 5.74) is 1.76. The highest BCUT2D eigenvalue weighted by Gasteiger charge is 2.35. The number of methoxy groups -OCH3 is 1. The van der Waals surface area contributed by atoms with Gasteiger partial charge in [0, 0.05) is 30.1 Å². The number of anilines is 2. The molecule has 4 rings (SSSR count). The summed E-state index contributed by atoms with van der Waals surface area (Å²) in [4.78, 5) is 35.2. The lowest BCUT2D eigenvalue weighted by Crippen LogP contribution is -2.32. The summed E-state index contributed by atoms with van der Waals surface area (Å²) in [5.74, 6) is 0.974. The van der Waals surface area contributed by atoms with Crippen molar-refractivity contribution in [3.8, 4) is 5.75 Å². The molecule has 166 valence electrons. The van der Waals surface area contributed by atoms with Gasteiger partial charge >= 0.3 is 0 Å². The summed E-state index contributed by atoms with van der Waals surface area (Å²) in [6.45, 7) is 7.81. The molecule has 2 aliphatic rings. The van der Waals surface area contributed by atoms with E-state index in [-0.39, 0.29) is 24.2 Å². The molecule has 7 nitrogen and oxygen atoms in total. The van der Waals surface area contributed by atoms with Crippen LogP contribution in [0.3, 0.4) is 0 Å². The minimum Gasteiger partial charge on any atom is -0.497 e. The Hall–Kier alpha value is -2.45. The van der Waals surface area contributed by atoms with Crippen LogP contribution >= 0.6 is 11.3 Å². The second-order valence-corrected chi connectivity index (χ2v) is 9.66. The molecule has 31 heavy (non-hydrogen) atoms. The molecule has 0 spiro atoms. The molecule has 8 heteroatoms. The Labute approximate surface area is 187 Å². The topological polar surface area (TPSA) is 74.8 Å². The summed E-state index contributed by atoms with van der Waals surface area (Å²) in [6.07, 6.45) is 2.69. The number of nitrogens with zero attached hydrogens (tertiary/aromatic N) is 3. The molecule has 2 saturated heterocycles. The lowest BCUT2D eigenvalue weighted by molar-refractivity contribution is -0.122. The van der Waals surface area contributed by atoms with E-state index < -0.39 is 0 Å². The minimum atomic E-state index is -0.383. The average molecular weight is 443 g/mol. The fraction of sp³-hybridized carbons (Fsp3) is 0.522. The van der Waals surface area contributed by atoms with Gasteiger partial charge in [0.25, 0.3) is 0 Å². The summed E-state index contributed by atoms with van der Waals surface area (Å²) >= 11 is 1.55. The molecule has 2 amide bonds. The normalized spacial score (nSPS) is 20.3. The summed E-state index contributed by atoms with van der Waals surface area (Å²) in [6, 6.07) is 7.32. The number of carbonyl (C=O) groups is 2. The van der Waals surface area contributed by atoms with Crippen molar-refractivity contribution in [3.05, 3.63) is 34.8 Å². The Balaban J connectivity index is 1.35. The molecule has 1 aromatic heterocycles. The number of aromatic nitrogens is 1. The zero-order valence-electron chi connectivity index (χ0n) is 18.4. The van der Waals surface area contributed by atoms with E-state index in [2.05, 4.69) is 22.1 Å². The molecule has 2 fully saturated rings.